The van der Waals surface area contributed by atoms with Gasteiger partial charge in [-0.3, -0.25) is 0 Å². The quantitative estimate of drug-likeness (QED) is 0.845. The average molecular weight is 291 g/mol. The van der Waals surface area contributed by atoms with E-state index in [1.165, 1.54) is 32.5 Å². The fourth-order valence-corrected chi connectivity index (χ4v) is 1.53. The summed E-state index contributed by atoms with van der Waals surface area (Å²) in [4.78, 5) is 22.9. The summed E-state index contributed by atoms with van der Waals surface area (Å²) in [6.07, 6.45) is 1.38. The third kappa shape index (κ3) is 3.56. The first kappa shape index (κ1) is 14.5. The Labute approximate surface area is 120 Å². The zero-order chi connectivity index (χ0) is 15.2. The minimum Gasteiger partial charge on any atom is -0.483 e. The summed E-state index contributed by atoms with van der Waals surface area (Å²) in [6, 6.07) is 4.61. The Kier molecular flexibility index (Phi) is 4.50. The number of carboxylic acids is 1. The number of hydrogen-bond acceptors (Lipinski definition) is 7. The first-order valence-electron chi connectivity index (χ1n) is 5.91. The van der Waals surface area contributed by atoms with Gasteiger partial charge in [0.05, 0.1) is 20.3 Å². The lowest BCUT2D eigenvalue weighted by Crippen LogP contribution is -2.08. The number of hydrogen-bond donors (Lipinski definition) is 1. The van der Waals surface area contributed by atoms with Crippen LogP contribution in [0.2, 0.25) is 0 Å². The first-order chi connectivity index (χ1) is 10.1. The van der Waals surface area contributed by atoms with Crippen LogP contribution >= 0.6 is 0 Å². The topological polar surface area (TPSA) is 104 Å². The molecular weight excluding hydrogens is 278 g/mol. The van der Waals surface area contributed by atoms with Gasteiger partial charge in [-0.15, -0.1) is 0 Å². The second-order valence-electron chi connectivity index (χ2n) is 3.81. The van der Waals surface area contributed by atoms with Gasteiger partial charge >= 0.3 is 5.97 Å². The maximum atomic E-state index is 11.0. The highest BCUT2D eigenvalue weighted by atomic mass is 16.5. The van der Waals surface area contributed by atoms with Crippen molar-refractivity contribution < 1.29 is 24.1 Å². The number of rotatable bonds is 6. The van der Waals surface area contributed by atoms with Gasteiger partial charge in [0, 0.05) is 6.20 Å². The SMILES string of the molecule is COc1cc(OC)nc(COc2cccnc2C(=O)O)n1. The smallest absolute Gasteiger partial charge is 0.358 e. The van der Waals surface area contributed by atoms with E-state index in [4.69, 9.17) is 19.3 Å². The molecule has 0 aliphatic rings. The zero-order valence-corrected chi connectivity index (χ0v) is 11.4. The number of aromatic nitrogens is 3. The molecule has 21 heavy (non-hydrogen) atoms. The molecule has 2 aromatic heterocycles. The molecule has 0 aromatic carbocycles. The van der Waals surface area contributed by atoms with Gasteiger partial charge in [0.15, 0.2) is 17.3 Å². The average Bonchev–Trinajstić information content (AvgIpc) is 2.52. The minimum atomic E-state index is -1.17. The summed E-state index contributed by atoms with van der Waals surface area (Å²) >= 11 is 0. The Morgan fingerprint density at radius 3 is 2.48 bits per heavy atom. The Morgan fingerprint density at radius 2 is 1.90 bits per heavy atom. The third-order valence-electron chi connectivity index (χ3n) is 2.47. The van der Waals surface area contributed by atoms with Crippen molar-refractivity contribution in [1.82, 2.24) is 15.0 Å². The number of ether oxygens (including phenoxy) is 3. The molecule has 0 fully saturated rings. The molecule has 0 aliphatic carbocycles. The van der Waals surface area contributed by atoms with E-state index >= 15 is 0 Å². The summed E-state index contributed by atoms with van der Waals surface area (Å²) in [6.45, 7) is -0.0421. The van der Waals surface area contributed by atoms with Crippen LogP contribution in [0.5, 0.6) is 17.5 Å². The summed E-state index contributed by atoms with van der Waals surface area (Å²) in [5.74, 6) is -0.0910. The maximum absolute atomic E-state index is 11.0. The van der Waals surface area contributed by atoms with Crippen molar-refractivity contribution in [1.29, 1.82) is 0 Å². The molecule has 0 saturated heterocycles. The maximum Gasteiger partial charge on any atom is 0.358 e. The zero-order valence-electron chi connectivity index (χ0n) is 11.4. The Morgan fingerprint density at radius 1 is 1.24 bits per heavy atom. The van der Waals surface area contributed by atoms with Crippen molar-refractivity contribution in [3.63, 3.8) is 0 Å². The molecule has 0 radical (unpaired) electrons. The first-order valence-corrected chi connectivity index (χ1v) is 5.91. The van der Waals surface area contributed by atoms with E-state index in [2.05, 4.69) is 15.0 Å². The van der Waals surface area contributed by atoms with Gasteiger partial charge in [0.1, 0.15) is 6.61 Å². The lowest BCUT2D eigenvalue weighted by Gasteiger charge is -2.09. The van der Waals surface area contributed by atoms with Crippen molar-refractivity contribution in [2.24, 2.45) is 0 Å². The Balaban J connectivity index is 2.18. The van der Waals surface area contributed by atoms with E-state index in [0.717, 1.165) is 0 Å². The van der Waals surface area contributed by atoms with Crippen LogP contribution in [0.25, 0.3) is 0 Å². The van der Waals surface area contributed by atoms with E-state index in [0.29, 0.717) is 17.6 Å². The van der Waals surface area contributed by atoms with Gasteiger partial charge in [-0.2, -0.15) is 9.97 Å². The van der Waals surface area contributed by atoms with Gasteiger partial charge in [0.2, 0.25) is 11.8 Å². The molecule has 0 aliphatic heterocycles. The van der Waals surface area contributed by atoms with Gasteiger partial charge in [-0.1, -0.05) is 0 Å². The highest BCUT2D eigenvalue weighted by Crippen LogP contribution is 2.18. The van der Waals surface area contributed by atoms with Crippen LogP contribution in [-0.4, -0.2) is 40.2 Å². The molecule has 0 atom stereocenters. The lowest BCUT2D eigenvalue weighted by molar-refractivity contribution is 0.0684. The molecule has 8 nitrogen and oxygen atoms in total. The van der Waals surface area contributed by atoms with Crippen molar-refractivity contribution in [2.45, 2.75) is 6.61 Å². The van der Waals surface area contributed by atoms with Gasteiger partial charge < -0.3 is 19.3 Å². The monoisotopic (exact) mass is 291 g/mol. The van der Waals surface area contributed by atoms with Gasteiger partial charge in [-0.25, -0.2) is 9.78 Å². The van der Waals surface area contributed by atoms with Crippen molar-refractivity contribution in [3.05, 3.63) is 35.9 Å². The predicted octanol–water partition coefficient (Wildman–Crippen LogP) is 1.17. The number of nitrogens with zero attached hydrogens (tertiary/aromatic N) is 3. The second kappa shape index (κ2) is 6.51. The Hall–Kier alpha value is -2.90. The fourth-order valence-electron chi connectivity index (χ4n) is 1.53. The van der Waals surface area contributed by atoms with E-state index in [1.807, 2.05) is 0 Å². The lowest BCUT2D eigenvalue weighted by atomic mass is 10.3. The highest BCUT2D eigenvalue weighted by molar-refractivity contribution is 5.88. The van der Waals surface area contributed by atoms with E-state index in [9.17, 15) is 4.79 Å². The van der Waals surface area contributed by atoms with Crippen LogP contribution in [0.1, 0.15) is 16.3 Å². The summed E-state index contributed by atoms with van der Waals surface area (Å²) in [5, 5.41) is 9.01. The molecule has 2 heterocycles. The third-order valence-corrected chi connectivity index (χ3v) is 2.47. The molecule has 0 bridgehead atoms. The van der Waals surface area contributed by atoms with E-state index < -0.39 is 5.97 Å². The van der Waals surface area contributed by atoms with Crippen LogP contribution < -0.4 is 14.2 Å². The minimum absolute atomic E-state index is 0.0421. The number of pyridine rings is 1. The molecule has 0 unspecified atom stereocenters. The largest absolute Gasteiger partial charge is 0.483 e. The van der Waals surface area contributed by atoms with Crippen LogP contribution in [-0.2, 0) is 6.61 Å². The molecular formula is C13H13N3O5. The van der Waals surface area contributed by atoms with Crippen molar-refractivity contribution >= 4 is 5.97 Å². The van der Waals surface area contributed by atoms with Crippen molar-refractivity contribution in [3.8, 4) is 17.5 Å². The number of methoxy groups -OCH3 is 2. The number of aromatic carboxylic acids is 1. The molecule has 2 rings (SSSR count). The molecule has 1 N–H and O–H groups in total. The van der Waals surface area contributed by atoms with E-state index in [1.54, 1.807) is 6.07 Å². The van der Waals surface area contributed by atoms with Crippen LogP contribution in [0, 0.1) is 0 Å². The van der Waals surface area contributed by atoms with Gasteiger partial charge in [-0.05, 0) is 12.1 Å². The molecule has 8 heteroatoms. The predicted molar refractivity (Wildman–Crippen MR) is 70.7 cm³/mol. The van der Waals surface area contributed by atoms with Crippen LogP contribution in [0.3, 0.4) is 0 Å². The highest BCUT2D eigenvalue weighted by Gasteiger charge is 2.13. The van der Waals surface area contributed by atoms with Gasteiger partial charge in [0.25, 0.3) is 0 Å². The summed E-state index contributed by atoms with van der Waals surface area (Å²) in [5.41, 5.74) is -0.174. The molecule has 2 aromatic rings. The van der Waals surface area contributed by atoms with Crippen molar-refractivity contribution in [2.75, 3.05) is 14.2 Å². The number of carbonyl (C=O) groups is 1. The summed E-state index contributed by atoms with van der Waals surface area (Å²) in [7, 11) is 2.94. The summed E-state index contributed by atoms with van der Waals surface area (Å²) < 4.78 is 15.4. The molecule has 0 saturated carbocycles. The molecule has 0 amide bonds. The second-order valence-corrected chi connectivity index (χ2v) is 3.81. The normalized spacial score (nSPS) is 10.0. The fraction of sp³-hybridized carbons (Fsp3) is 0.231. The van der Waals surface area contributed by atoms with Crippen LogP contribution in [0.15, 0.2) is 24.4 Å². The Bertz CT molecular complexity index is 625. The van der Waals surface area contributed by atoms with Crippen LogP contribution in [0.4, 0.5) is 0 Å². The molecule has 0 spiro atoms. The van der Waals surface area contributed by atoms with E-state index in [-0.39, 0.29) is 18.1 Å². The standard InChI is InChI=1S/C13H13N3O5/c1-19-10-6-11(20-2)16-9(15-10)7-21-8-4-3-5-14-12(8)13(17)18/h3-6H,7H2,1-2H3,(H,17,18). The number of carboxylic acid groups (broad SMARTS) is 1. The molecule has 110 valence electrons.